The second-order valence-corrected chi connectivity index (χ2v) is 8.73. The topological polar surface area (TPSA) is 52.1 Å². The number of aromatic nitrogens is 2. The second kappa shape index (κ2) is 7.92. The first kappa shape index (κ1) is 18.8. The highest BCUT2D eigenvalue weighted by Crippen LogP contribution is 2.36. The van der Waals surface area contributed by atoms with Crippen molar-refractivity contribution in [2.45, 2.75) is 57.6 Å². The first-order valence-corrected chi connectivity index (χ1v) is 11.2. The lowest BCUT2D eigenvalue weighted by molar-refractivity contribution is 0.0269. The van der Waals surface area contributed by atoms with Crippen LogP contribution >= 0.6 is 0 Å². The van der Waals surface area contributed by atoms with E-state index < -0.39 is 6.10 Å². The van der Waals surface area contributed by atoms with Crippen LogP contribution in [0.5, 0.6) is 0 Å². The molecule has 2 aromatic carbocycles. The van der Waals surface area contributed by atoms with Gasteiger partial charge in [0.1, 0.15) is 11.9 Å². The Morgan fingerprint density at radius 3 is 2.55 bits per heavy atom. The summed E-state index contributed by atoms with van der Waals surface area (Å²) in [7, 11) is 0. The zero-order chi connectivity index (χ0) is 19.8. The van der Waals surface area contributed by atoms with E-state index in [9.17, 15) is 5.11 Å². The van der Waals surface area contributed by atoms with Gasteiger partial charge in [-0.2, -0.15) is 0 Å². The van der Waals surface area contributed by atoms with Crippen molar-refractivity contribution in [3.8, 4) is 11.4 Å². The number of hydrogen-bond acceptors (Lipinski definition) is 3. The minimum absolute atomic E-state index is 0.306. The van der Waals surface area contributed by atoms with Crippen LogP contribution < -0.4 is 0 Å². The molecule has 29 heavy (non-hydrogen) atoms. The average molecular weight is 390 g/mol. The second-order valence-electron chi connectivity index (χ2n) is 8.73. The summed E-state index contributed by atoms with van der Waals surface area (Å²) in [6.07, 6.45) is 6.62. The Morgan fingerprint density at radius 1 is 1.07 bits per heavy atom. The van der Waals surface area contributed by atoms with Gasteiger partial charge in [0, 0.05) is 17.3 Å². The fraction of sp³-hybridized carbons (Fsp3) is 0.480. The Hall–Kier alpha value is -2.17. The summed E-state index contributed by atoms with van der Waals surface area (Å²) in [6, 6.07) is 15.6. The zero-order valence-corrected chi connectivity index (χ0v) is 17.3. The van der Waals surface area contributed by atoms with E-state index in [4.69, 9.17) is 4.98 Å². The lowest BCUT2D eigenvalue weighted by atomic mass is 9.85. The number of H-pyrrole nitrogens is 1. The van der Waals surface area contributed by atoms with E-state index in [-0.39, 0.29) is 0 Å². The SMILES string of the molecule is CCc1[nH]c(-c2cccc3ccccc23)nc1C(O)C1CCN(C2CCC2)CC1. The van der Waals surface area contributed by atoms with Crippen molar-refractivity contribution >= 4 is 10.8 Å². The van der Waals surface area contributed by atoms with E-state index in [1.165, 1.54) is 30.0 Å². The third kappa shape index (κ3) is 3.49. The van der Waals surface area contributed by atoms with Crippen molar-refractivity contribution in [2.75, 3.05) is 13.1 Å². The van der Waals surface area contributed by atoms with Crippen LogP contribution in [-0.4, -0.2) is 39.1 Å². The minimum Gasteiger partial charge on any atom is -0.386 e. The van der Waals surface area contributed by atoms with Crippen LogP contribution in [0.2, 0.25) is 0 Å². The summed E-state index contributed by atoms with van der Waals surface area (Å²) >= 11 is 0. The summed E-state index contributed by atoms with van der Waals surface area (Å²) in [6.45, 7) is 4.37. The van der Waals surface area contributed by atoms with Gasteiger partial charge in [-0.3, -0.25) is 0 Å². The van der Waals surface area contributed by atoms with E-state index in [0.29, 0.717) is 5.92 Å². The number of nitrogens with zero attached hydrogens (tertiary/aromatic N) is 2. The Morgan fingerprint density at radius 2 is 1.83 bits per heavy atom. The molecule has 5 rings (SSSR count). The molecule has 1 saturated carbocycles. The molecule has 3 aromatic rings. The van der Waals surface area contributed by atoms with Gasteiger partial charge in [-0.05, 0) is 61.9 Å². The van der Waals surface area contributed by atoms with Crippen molar-refractivity contribution in [3.05, 3.63) is 53.9 Å². The monoisotopic (exact) mass is 389 g/mol. The van der Waals surface area contributed by atoms with Gasteiger partial charge in [0.2, 0.25) is 0 Å². The number of likely N-dealkylation sites (tertiary alicyclic amines) is 1. The van der Waals surface area contributed by atoms with E-state index in [1.54, 1.807) is 0 Å². The Labute approximate surface area is 173 Å². The van der Waals surface area contributed by atoms with Crippen LogP contribution in [-0.2, 0) is 6.42 Å². The van der Waals surface area contributed by atoms with Crippen molar-refractivity contribution in [2.24, 2.45) is 5.92 Å². The predicted octanol–water partition coefficient (Wildman–Crippen LogP) is 5.09. The van der Waals surface area contributed by atoms with E-state index >= 15 is 0 Å². The number of aliphatic hydroxyl groups excluding tert-OH is 1. The number of aryl methyl sites for hydroxylation is 1. The van der Waals surface area contributed by atoms with Gasteiger partial charge in [-0.1, -0.05) is 55.8 Å². The van der Waals surface area contributed by atoms with Crippen LogP contribution in [0.1, 0.15) is 56.5 Å². The molecule has 2 heterocycles. The third-order valence-corrected chi connectivity index (χ3v) is 7.10. The standard InChI is InChI=1S/C25H31N3O/c1-2-22-23(24(29)18-13-15-28(16-14-18)19-9-6-10-19)27-25(26-22)21-12-5-8-17-7-3-4-11-20(17)21/h3-5,7-8,11-12,18-19,24,29H,2,6,9-10,13-16H2,1H3,(H,26,27). The Kier molecular flexibility index (Phi) is 5.15. The molecule has 1 aromatic heterocycles. The molecule has 0 radical (unpaired) electrons. The summed E-state index contributed by atoms with van der Waals surface area (Å²) < 4.78 is 0. The molecule has 1 unspecified atom stereocenters. The fourth-order valence-corrected chi connectivity index (χ4v) is 5.07. The first-order valence-electron chi connectivity index (χ1n) is 11.2. The first-order chi connectivity index (χ1) is 14.2. The molecule has 0 bridgehead atoms. The van der Waals surface area contributed by atoms with Crippen molar-refractivity contribution in [1.82, 2.24) is 14.9 Å². The number of nitrogens with one attached hydrogen (secondary N) is 1. The molecule has 2 fully saturated rings. The van der Waals surface area contributed by atoms with Gasteiger partial charge in [0.05, 0.1) is 5.69 Å². The smallest absolute Gasteiger partial charge is 0.138 e. The molecule has 1 aliphatic heterocycles. The van der Waals surface area contributed by atoms with Gasteiger partial charge in [-0.25, -0.2) is 4.98 Å². The number of benzene rings is 2. The quantitative estimate of drug-likeness (QED) is 0.639. The van der Waals surface area contributed by atoms with Gasteiger partial charge in [0.15, 0.2) is 0 Å². The van der Waals surface area contributed by atoms with Gasteiger partial charge in [0.25, 0.3) is 0 Å². The summed E-state index contributed by atoms with van der Waals surface area (Å²) in [4.78, 5) is 11.1. The molecule has 1 atom stereocenters. The summed E-state index contributed by atoms with van der Waals surface area (Å²) in [5.74, 6) is 1.18. The predicted molar refractivity (Wildman–Crippen MR) is 118 cm³/mol. The van der Waals surface area contributed by atoms with Crippen LogP contribution in [0.15, 0.2) is 42.5 Å². The lowest BCUT2D eigenvalue weighted by Gasteiger charge is -2.42. The molecule has 2 N–H and O–H groups in total. The Bertz CT molecular complexity index is 977. The number of rotatable bonds is 5. The minimum atomic E-state index is -0.478. The average Bonchev–Trinajstić information content (AvgIpc) is 3.16. The van der Waals surface area contributed by atoms with Crippen molar-refractivity contribution in [1.29, 1.82) is 0 Å². The highest BCUT2D eigenvalue weighted by Gasteiger charge is 2.33. The van der Waals surface area contributed by atoms with E-state index in [2.05, 4.69) is 59.3 Å². The molecule has 152 valence electrons. The third-order valence-electron chi connectivity index (χ3n) is 7.10. The van der Waals surface area contributed by atoms with E-state index in [0.717, 1.165) is 61.2 Å². The lowest BCUT2D eigenvalue weighted by Crippen LogP contribution is -2.45. The van der Waals surface area contributed by atoms with Crippen molar-refractivity contribution in [3.63, 3.8) is 0 Å². The summed E-state index contributed by atoms with van der Waals surface area (Å²) in [5, 5.41) is 13.6. The molecule has 4 nitrogen and oxygen atoms in total. The maximum absolute atomic E-state index is 11.2. The number of piperidine rings is 1. The van der Waals surface area contributed by atoms with Crippen molar-refractivity contribution < 1.29 is 5.11 Å². The molecular weight excluding hydrogens is 358 g/mol. The molecular formula is C25H31N3O. The van der Waals surface area contributed by atoms with Crippen LogP contribution in [0, 0.1) is 5.92 Å². The maximum atomic E-state index is 11.2. The number of fused-ring (bicyclic) bond motifs is 1. The highest BCUT2D eigenvalue weighted by atomic mass is 16.3. The molecule has 4 heteroatoms. The molecule has 2 aliphatic rings. The fourth-order valence-electron chi connectivity index (χ4n) is 5.07. The Balaban J connectivity index is 1.40. The molecule has 0 amide bonds. The largest absolute Gasteiger partial charge is 0.386 e. The number of aliphatic hydroxyl groups is 1. The van der Waals surface area contributed by atoms with Gasteiger partial charge < -0.3 is 15.0 Å². The van der Waals surface area contributed by atoms with Gasteiger partial charge in [-0.15, -0.1) is 0 Å². The van der Waals surface area contributed by atoms with Crippen LogP contribution in [0.4, 0.5) is 0 Å². The number of imidazole rings is 1. The number of aromatic amines is 1. The molecule has 1 aliphatic carbocycles. The van der Waals surface area contributed by atoms with Crippen LogP contribution in [0.25, 0.3) is 22.2 Å². The normalized spacial score (nSPS) is 20.1. The number of hydrogen-bond donors (Lipinski definition) is 2. The zero-order valence-electron chi connectivity index (χ0n) is 17.3. The molecule has 1 saturated heterocycles. The van der Waals surface area contributed by atoms with E-state index in [1.807, 2.05) is 0 Å². The molecule has 0 spiro atoms. The maximum Gasteiger partial charge on any atom is 0.138 e. The van der Waals surface area contributed by atoms with Crippen LogP contribution in [0.3, 0.4) is 0 Å². The summed E-state index contributed by atoms with van der Waals surface area (Å²) in [5.41, 5.74) is 3.04. The van der Waals surface area contributed by atoms with Gasteiger partial charge >= 0.3 is 0 Å². The highest BCUT2D eigenvalue weighted by molar-refractivity contribution is 5.95.